The molecule has 0 radical (unpaired) electrons. The molecule has 0 aliphatic heterocycles. The quantitative estimate of drug-likeness (QED) is 0.478. The maximum Gasteiger partial charge on any atom is 0.311 e. The molecule has 0 aromatic rings. The Morgan fingerprint density at radius 3 is 2.19 bits per heavy atom. The molecule has 0 spiro atoms. The number of carboxylic acids is 1. The lowest BCUT2D eigenvalue weighted by atomic mass is 10.0. The van der Waals surface area contributed by atoms with Gasteiger partial charge in [0.15, 0.2) is 0 Å². The minimum Gasteiger partial charge on any atom is -0.481 e. The van der Waals surface area contributed by atoms with Gasteiger partial charge in [-0.2, -0.15) is 0 Å². The van der Waals surface area contributed by atoms with Crippen LogP contribution in [0.3, 0.4) is 0 Å². The Labute approximate surface area is 163 Å². The van der Waals surface area contributed by atoms with E-state index >= 15 is 0 Å². The molecule has 0 aromatic carbocycles. The molecule has 1 fully saturated rings. The molecule has 2 amide bonds. The van der Waals surface area contributed by atoms with Crippen molar-refractivity contribution in [1.82, 2.24) is 10.6 Å². The van der Waals surface area contributed by atoms with Crippen LogP contribution in [-0.2, 0) is 19.1 Å². The lowest BCUT2D eigenvalue weighted by molar-refractivity contribution is -0.143. The Morgan fingerprint density at radius 1 is 1.19 bits per heavy atom. The van der Waals surface area contributed by atoms with Crippen LogP contribution in [0.15, 0.2) is 0 Å². The third-order valence-electron chi connectivity index (χ3n) is 4.89. The molecule has 0 aromatic heterocycles. The fourth-order valence-corrected chi connectivity index (χ4v) is 2.80. The second-order valence-electron chi connectivity index (χ2n) is 7.08. The lowest BCUT2D eigenvalue weighted by Gasteiger charge is -2.26. The molecule has 1 rings (SSSR count). The summed E-state index contributed by atoms with van der Waals surface area (Å²) in [4.78, 5) is 35.1. The van der Waals surface area contributed by atoms with Gasteiger partial charge in [-0.3, -0.25) is 14.4 Å². The number of carboxylic acid groups (broad SMARTS) is 1. The topological polar surface area (TPSA) is 105 Å². The van der Waals surface area contributed by atoms with Gasteiger partial charge in [-0.25, -0.2) is 0 Å². The van der Waals surface area contributed by atoms with E-state index in [0.717, 1.165) is 19.3 Å². The summed E-state index contributed by atoms with van der Waals surface area (Å²) in [6, 6.07) is -0.832. The highest BCUT2D eigenvalue weighted by Gasteiger charge is 2.50. The molecule has 3 unspecified atom stereocenters. The highest BCUT2D eigenvalue weighted by atomic mass is 16.5. The summed E-state index contributed by atoms with van der Waals surface area (Å²) in [6.45, 7) is 11.9. The van der Waals surface area contributed by atoms with Crippen molar-refractivity contribution < 1.29 is 24.2 Å². The van der Waals surface area contributed by atoms with Crippen LogP contribution in [-0.4, -0.2) is 48.2 Å². The first-order valence-electron chi connectivity index (χ1n) is 10.2. The molecular formula is C20H38N2O5. The smallest absolute Gasteiger partial charge is 0.311 e. The van der Waals surface area contributed by atoms with Gasteiger partial charge in [0.05, 0.1) is 11.5 Å². The van der Waals surface area contributed by atoms with Gasteiger partial charge >= 0.3 is 5.97 Å². The normalized spacial score (nSPS) is 17.6. The number of ether oxygens (including phenoxy) is 1. The van der Waals surface area contributed by atoms with Crippen LogP contribution >= 0.6 is 0 Å². The highest BCUT2D eigenvalue weighted by Crippen LogP contribution is 2.45. The maximum absolute atomic E-state index is 12.5. The Kier molecular flexibility index (Phi) is 11.9. The molecule has 158 valence electrons. The van der Waals surface area contributed by atoms with Gasteiger partial charge in [-0.15, -0.1) is 0 Å². The Balaban J connectivity index is 0.00000326. The molecule has 27 heavy (non-hydrogen) atoms. The van der Waals surface area contributed by atoms with E-state index in [9.17, 15) is 19.5 Å². The van der Waals surface area contributed by atoms with Crippen LogP contribution < -0.4 is 10.6 Å². The summed E-state index contributed by atoms with van der Waals surface area (Å²) in [5.74, 6) is -1.19. The highest BCUT2D eigenvalue weighted by molar-refractivity contribution is 5.88. The lowest BCUT2D eigenvalue weighted by Crippen LogP contribution is -2.54. The first-order valence-corrected chi connectivity index (χ1v) is 10.2. The number of hydrogen-bond acceptors (Lipinski definition) is 4. The molecule has 3 N–H and O–H groups in total. The van der Waals surface area contributed by atoms with Gasteiger partial charge in [0.2, 0.25) is 11.8 Å². The van der Waals surface area contributed by atoms with E-state index in [4.69, 9.17) is 4.74 Å². The predicted octanol–water partition coefficient (Wildman–Crippen LogP) is 2.73. The first kappa shape index (κ1) is 25.4. The van der Waals surface area contributed by atoms with Crippen molar-refractivity contribution in [1.29, 1.82) is 0 Å². The van der Waals surface area contributed by atoms with Crippen LogP contribution in [0.4, 0.5) is 0 Å². The van der Waals surface area contributed by atoms with E-state index < -0.39 is 29.4 Å². The van der Waals surface area contributed by atoms with Crippen molar-refractivity contribution in [2.75, 3.05) is 13.2 Å². The van der Waals surface area contributed by atoms with E-state index in [2.05, 4.69) is 24.5 Å². The number of rotatable bonds is 12. The van der Waals surface area contributed by atoms with Crippen molar-refractivity contribution in [2.24, 2.45) is 11.3 Å². The third kappa shape index (κ3) is 8.73. The molecule has 1 aliphatic carbocycles. The maximum atomic E-state index is 12.5. The van der Waals surface area contributed by atoms with Crippen LogP contribution in [0.1, 0.15) is 73.6 Å². The molecule has 3 atom stereocenters. The van der Waals surface area contributed by atoms with Crippen molar-refractivity contribution in [3.63, 3.8) is 0 Å². The molecular weight excluding hydrogens is 348 g/mol. The van der Waals surface area contributed by atoms with E-state index in [1.54, 1.807) is 6.92 Å². The van der Waals surface area contributed by atoms with Crippen LogP contribution in [0.5, 0.6) is 0 Å². The first-order chi connectivity index (χ1) is 12.8. The summed E-state index contributed by atoms with van der Waals surface area (Å²) < 4.78 is 5.83. The van der Waals surface area contributed by atoms with Gasteiger partial charge in [0.25, 0.3) is 0 Å². The van der Waals surface area contributed by atoms with E-state index in [1.807, 2.05) is 13.8 Å². The fourth-order valence-electron chi connectivity index (χ4n) is 2.80. The molecule has 0 heterocycles. The monoisotopic (exact) mass is 386 g/mol. The number of aliphatic carboxylic acids is 1. The minimum atomic E-state index is -0.890. The average Bonchev–Trinajstić information content (AvgIpc) is 3.43. The number of carbonyl (C=O) groups excluding carboxylic acids is 2. The van der Waals surface area contributed by atoms with Crippen molar-refractivity contribution in [2.45, 2.75) is 85.8 Å². The predicted molar refractivity (Wildman–Crippen MR) is 105 cm³/mol. The van der Waals surface area contributed by atoms with Crippen LogP contribution in [0, 0.1) is 11.3 Å². The largest absolute Gasteiger partial charge is 0.481 e. The van der Waals surface area contributed by atoms with Crippen molar-refractivity contribution >= 4 is 17.8 Å². The Hall–Kier alpha value is -1.63. The zero-order valence-electron chi connectivity index (χ0n) is 17.8. The molecule has 7 nitrogen and oxygen atoms in total. The molecule has 0 saturated heterocycles. The number of nitrogens with one attached hydrogen (secondary N) is 2. The summed E-state index contributed by atoms with van der Waals surface area (Å²) in [5, 5.41) is 14.5. The zero-order chi connectivity index (χ0) is 21.0. The summed E-state index contributed by atoms with van der Waals surface area (Å²) in [6.07, 6.45) is 3.77. The fraction of sp³-hybridized carbons (Fsp3) is 0.850. The van der Waals surface area contributed by atoms with Crippen molar-refractivity contribution in [3.8, 4) is 0 Å². The standard InChI is InChI=1S/C18H32N2O5.C2H6/c1-5-7-14(6-2)10-25-12(3)15(20-13(4)21)16(22)19-11-18(8-9-18)17(23)24;1-2/h12,14-15H,5-11H2,1-4H3,(H,19,22)(H,20,21)(H,23,24);1-2H3. The van der Waals surface area contributed by atoms with Crippen LogP contribution in [0.2, 0.25) is 0 Å². The van der Waals surface area contributed by atoms with E-state index in [0.29, 0.717) is 25.4 Å². The Morgan fingerprint density at radius 2 is 1.78 bits per heavy atom. The number of amides is 2. The number of carbonyl (C=O) groups is 3. The van der Waals surface area contributed by atoms with Gasteiger partial charge in [-0.05, 0) is 32.1 Å². The molecule has 7 heteroatoms. The second kappa shape index (κ2) is 12.7. The third-order valence-corrected chi connectivity index (χ3v) is 4.89. The van der Waals surface area contributed by atoms with Crippen molar-refractivity contribution in [3.05, 3.63) is 0 Å². The van der Waals surface area contributed by atoms with E-state index in [1.165, 1.54) is 6.92 Å². The number of hydrogen-bond donors (Lipinski definition) is 3. The second-order valence-corrected chi connectivity index (χ2v) is 7.08. The minimum absolute atomic E-state index is 0.0807. The molecule has 1 aliphatic rings. The molecule has 0 bridgehead atoms. The van der Waals surface area contributed by atoms with Crippen LogP contribution in [0.25, 0.3) is 0 Å². The van der Waals surface area contributed by atoms with Gasteiger partial charge in [0.1, 0.15) is 6.04 Å². The summed E-state index contributed by atoms with van der Waals surface area (Å²) in [7, 11) is 0. The summed E-state index contributed by atoms with van der Waals surface area (Å²) >= 11 is 0. The van der Waals surface area contributed by atoms with Gasteiger partial charge in [-0.1, -0.05) is 40.5 Å². The van der Waals surface area contributed by atoms with Gasteiger partial charge < -0.3 is 20.5 Å². The SMILES string of the molecule is CC.CCCC(CC)COC(C)C(NC(C)=O)C(=O)NCC1(C(=O)O)CC1. The van der Waals surface area contributed by atoms with E-state index in [-0.39, 0.29) is 12.5 Å². The zero-order valence-corrected chi connectivity index (χ0v) is 17.8. The van der Waals surface area contributed by atoms with Gasteiger partial charge in [0, 0.05) is 20.1 Å². The summed E-state index contributed by atoms with van der Waals surface area (Å²) in [5.41, 5.74) is -0.838. The molecule has 1 saturated carbocycles. The Bertz CT molecular complexity index is 477. The average molecular weight is 387 g/mol.